The summed E-state index contributed by atoms with van der Waals surface area (Å²) >= 11 is 0. The SMILES string of the molecule is Cc1ccc(C(=O)N2Cc3ccccc3C2)c(C2CCN(C(=O)CCC(=O)NN(C)C)CC2)n1. The lowest BCUT2D eigenvalue weighted by Crippen LogP contribution is -2.40. The molecule has 2 aliphatic heterocycles. The molecule has 0 saturated carbocycles. The molecule has 0 atom stereocenters. The van der Waals surface area contributed by atoms with E-state index in [2.05, 4.69) is 17.6 Å². The standard InChI is InChI=1S/C26H33N5O3/c1-18-8-9-22(26(34)31-16-20-6-4-5-7-21(20)17-31)25(27-18)19-12-14-30(15-13-19)24(33)11-10-23(32)28-29(2)3/h4-9,19H,10-17H2,1-3H3,(H,28,32). The third kappa shape index (κ3) is 5.44. The van der Waals surface area contributed by atoms with E-state index >= 15 is 0 Å². The molecular formula is C26H33N5O3. The van der Waals surface area contributed by atoms with Crippen molar-refractivity contribution in [3.05, 3.63) is 64.5 Å². The van der Waals surface area contributed by atoms with E-state index in [1.165, 1.54) is 11.1 Å². The van der Waals surface area contributed by atoms with Crippen LogP contribution in [0.25, 0.3) is 0 Å². The lowest BCUT2D eigenvalue weighted by Gasteiger charge is -2.33. The molecule has 3 heterocycles. The maximum atomic E-state index is 13.5. The number of carbonyl (C=O) groups is 3. The van der Waals surface area contributed by atoms with E-state index in [1.807, 2.05) is 41.0 Å². The molecule has 0 unspecified atom stereocenters. The number of pyridine rings is 1. The number of aromatic nitrogens is 1. The molecule has 0 spiro atoms. The molecule has 2 aromatic rings. The molecule has 0 bridgehead atoms. The van der Waals surface area contributed by atoms with Crippen LogP contribution in [0.1, 0.15) is 64.5 Å². The molecule has 4 rings (SSSR count). The van der Waals surface area contributed by atoms with Crippen LogP contribution in [-0.2, 0) is 22.7 Å². The summed E-state index contributed by atoms with van der Waals surface area (Å²) < 4.78 is 0. The highest BCUT2D eigenvalue weighted by Crippen LogP contribution is 2.32. The maximum absolute atomic E-state index is 13.5. The second-order valence-electron chi connectivity index (χ2n) is 9.40. The van der Waals surface area contributed by atoms with Gasteiger partial charge in [-0.2, -0.15) is 0 Å². The number of benzene rings is 1. The van der Waals surface area contributed by atoms with Crippen molar-refractivity contribution in [1.29, 1.82) is 0 Å². The van der Waals surface area contributed by atoms with Gasteiger partial charge in [0, 0.05) is 64.7 Å². The van der Waals surface area contributed by atoms with Crippen molar-refractivity contribution < 1.29 is 14.4 Å². The van der Waals surface area contributed by atoms with Crippen molar-refractivity contribution in [3.63, 3.8) is 0 Å². The molecule has 1 aromatic heterocycles. The molecule has 2 aliphatic rings. The number of hydrogen-bond donors (Lipinski definition) is 1. The van der Waals surface area contributed by atoms with Gasteiger partial charge >= 0.3 is 0 Å². The average molecular weight is 464 g/mol. The zero-order valence-corrected chi connectivity index (χ0v) is 20.2. The third-order valence-corrected chi connectivity index (χ3v) is 6.57. The molecule has 1 saturated heterocycles. The fraction of sp³-hybridized carbons (Fsp3) is 0.462. The van der Waals surface area contributed by atoms with E-state index in [9.17, 15) is 14.4 Å². The Morgan fingerprint density at radius 3 is 2.24 bits per heavy atom. The second kappa shape index (κ2) is 10.3. The minimum absolute atomic E-state index is 0.00399. The Morgan fingerprint density at radius 2 is 1.62 bits per heavy atom. The molecule has 0 aliphatic carbocycles. The second-order valence-corrected chi connectivity index (χ2v) is 9.40. The van der Waals surface area contributed by atoms with Gasteiger partial charge in [0.05, 0.1) is 11.3 Å². The normalized spacial score (nSPS) is 16.0. The van der Waals surface area contributed by atoms with Gasteiger partial charge in [-0.15, -0.1) is 0 Å². The highest BCUT2D eigenvalue weighted by Gasteiger charge is 2.31. The molecule has 34 heavy (non-hydrogen) atoms. The van der Waals surface area contributed by atoms with Crippen molar-refractivity contribution in [2.24, 2.45) is 0 Å². The van der Waals surface area contributed by atoms with E-state index in [0.29, 0.717) is 31.7 Å². The average Bonchev–Trinajstić information content (AvgIpc) is 3.26. The molecule has 8 heteroatoms. The molecule has 8 nitrogen and oxygen atoms in total. The Labute approximate surface area is 200 Å². The van der Waals surface area contributed by atoms with Gasteiger partial charge in [0.2, 0.25) is 11.8 Å². The van der Waals surface area contributed by atoms with Gasteiger partial charge in [0.15, 0.2) is 0 Å². The number of fused-ring (bicyclic) bond motifs is 1. The van der Waals surface area contributed by atoms with Crippen LogP contribution in [0.2, 0.25) is 0 Å². The molecule has 0 radical (unpaired) electrons. The predicted octanol–water partition coefficient (Wildman–Crippen LogP) is 2.63. The highest BCUT2D eigenvalue weighted by molar-refractivity contribution is 5.95. The fourth-order valence-corrected chi connectivity index (χ4v) is 4.80. The summed E-state index contributed by atoms with van der Waals surface area (Å²) in [7, 11) is 3.48. The number of piperidine rings is 1. The Balaban J connectivity index is 1.39. The predicted molar refractivity (Wildman–Crippen MR) is 129 cm³/mol. The zero-order valence-electron chi connectivity index (χ0n) is 20.2. The van der Waals surface area contributed by atoms with Gasteiger partial charge in [0.25, 0.3) is 5.91 Å². The minimum atomic E-state index is -0.163. The molecule has 180 valence electrons. The summed E-state index contributed by atoms with van der Waals surface area (Å²) in [5, 5.41) is 1.58. The molecule has 3 amide bonds. The fourth-order valence-electron chi connectivity index (χ4n) is 4.80. The number of amides is 3. The van der Waals surface area contributed by atoms with Gasteiger partial charge < -0.3 is 9.80 Å². The summed E-state index contributed by atoms with van der Waals surface area (Å²) in [5.74, 6) is -0.0193. The summed E-state index contributed by atoms with van der Waals surface area (Å²) in [5.41, 5.74) is 7.46. The monoisotopic (exact) mass is 463 g/mol. The topological polar surface area (TPSA) is 85.8 Å². The van der Waals surface area contributed by atoms with Gasteiger partial charge in [0.1, 0.15) is 0 Å². The van der Waals surface area contributed by atoms with Gasteiger partial charge in [-0.05, 0) is 43.0 Å². The van der Waals surface area contributed by atoms with Crippen LogP contribution in [-0.4, -0.2) is 64.7 Å². The van der Waals surface area contributed by atoms with Crippen molar-refractivity contribution in [1.82, 2.24) is 25.2 Å². The van der Waals surface area contributed by atoms with Crippen LogP contribution in [0.5, 0.6) is 0 Å². The Kier molecular flexibility index (Phi) is 7.26. The smallest absolute Gasteiger partial charge is 0.256 e. The Morgan fingerprint density at radius 1 is 0.971 bits per heavy atom. The molecular weight excluding hydrogens is 430 g/mol. The van der Waals surface area contributed by atoms with Crippen LogP contribution < -0.4 is 5.43 Å². The maximum Gasteiger partial charge on any atom is 0.256 e. The third-order valence-electron chi connectivity index (χ3n) is 6.57. The highest BCUT2D eigenvalue weighted by atomic mass is 16.2. The van der Waals surface area contributed by atoms with E-state index in [-0.39, 0.29) is 36.5 Å². The van der Waals surface area contributed by atoms with Crippen molar-refractivity contribution in [3.8, 4) is 0 Å². The number of nitrogens with one attached hydrogen (secondary N) is 1. The summed E-state index contributed by atoms with van der Waals surface area (Å²) in [6.07, 6.45) is 1.89. The van der Waals surface area contributed by atoms with E-state index in [1.54, 1.807) is 19.1 Å². The molecule has 1 aromatic carbocycles. The number of hydrogen-bond acceptors (Lipinski definition) is 5. The number of rotatable bonds is 6. The Hall–Kier alpha value is -3.26. The van der Waals surface area contributed by atoms with Crippen molar-refractivity contribution in [2.45, 2.75) is 51.6 Å². The van der Waals surface area contributed by atoms with Crippen LogP contribution in [0.15, 0.2) is 36.4 Å². The van der Waals surface area contributed by atoms with Crippen LogP contribution in [0, 0.1) is 6.92 Å². The van der Waals surface area contributed by atoms with Crippen LogP contribution in [0.4, 0.5) is 0 Å². The van der Waals surface area contributed by atoms with Gasteiger partial charge in [-0.1, -0.05) is 24.3 Å². The van der Waals surface area contributed by atoms with Crippen LogP contribution >= 0.6 is 0 Å². The zero-order chi connectivity index (χ0) is 24.2. The number of aryl methyl sites for hydroxylation is 1. The summed E-state index contributed by atoms with van der Waals surface area (Å²) in [6, 6.07) is 12.0. The lowest BCUT2D eigenvalue weighted by atomic mass is 9.89. The summed E-state index contributed by atoms with van der Waals surface area (Å²) in [6.45, 7) is 4.41. The van der Waals surface area contributed by atoms with Crippen molar-refractivity contribution in [2.75, 3.05) is 27.2 Å². The van der Waals surface area contributed by atoms with Gasteiger partial charge in [-0.25, -0.2) is 5.01 Å². The minimum Gasteiger partial charge on any atom is -0.343 e. The Bertz CT molecular complexity index is 1050. The number of likely N-dealkylation sites (tertiary alicyclic amines) is 1. The first kappa shape index (κ1) is 23.9. The van der Waals surface area contributed by atoms with Crippen molar-refractivity contribution >= 4 is 17.7 Å². The molecule has 1 fully saturated rings. The first-order chi connectivity index (χ1) is 16.3. The van der Waals surface area contributed by atoms with E-state index in [4.69, 9.17) is 4.98 Å². The number of carbonyl (C=O) groups excluding carboxylic acids is 3. The number of nitrogens with zero attached hydrogens (tertiary/aromatic N) is 4. The van der Waals surface area contributed by atoms with Crippen LogP contribution in [0.3, 0.4) is 0 Å². The first-order valence-electron chi connectivity index (χ1n) is 11.9. The first-order valence-corrected chi connectivity index (χ1v) is 11.9. The molecule has 1 N–H and O–H groups in total. The van der Waals surface area contributed by atoms with E-state index < -0.39 is 0 Å². The largest absolute Gasteiger partial charge is 0.343 e. The van der Waals surface area contributed by atoms with Gasteiger partial charge in [-0.3, -0.25) is 24.8 Å². The summed E-state index contributed by atoms with van der Waals surface area (Å²) in [4.78, 5) is 46.4. The number of hydrazine groups is 1. The van der Waals surface area contributed by atoms with E-state index in [0.717, 1.165) is 24.2 Å². The quantitative estimate of drug-likeness (QED) is 0.666. The lowest BCUT2D eigenvalue weighted by molar-refractivity contribution is -0.135.